The minimum Gasteiger partial charge on any atom is -0.476 e. The van der Waals surface area contributed by atoms with Gasteiger partial charge in [0.2, 0.25) is 0 Å². The Bertz CT molecular complexity index is 780. The zero-order valence-corrected chi connectivity index (χ0v) is 11.3. The quantitative estimate of drug-likeness (QED) is 0.787. The standard InChI is InChI=1S/C14H9BrN2O2/c15-11-3-1-10-8-12(4-2-9(10)7-11)17-6-5-13(16-17)14(18)19/h1-8H,(H,18,19). The molecule has 19 heavy (non-hydrogen) atoms. The van der Waals surface area contributed by atoms with Crippen LogP contribution in [0.2, 0.25) is 0 Å². The lowest BCUT2D eigenvalue weighted by molar-refractivity contribution is 0.0690. The van der Waals surface area contributed by atoms with E-state index in [0.717, 1.165) is 20.9 Å². The third-order valence-electron chi connectivity index (χ3n) is 2.86. The lowest BCUT2D eigenvalue weighted by atomic mass is 10.1. The van der Waals surface area contributed by atoms with Crippen LogP contribution in [0.5, 0.6) is 0 Å². The molecule has 3 rings (SSSR count). The Kier molecular flexibility index (Phi) is 2.83. The molecule has 0 bridgehead atoms. The Labute approximate surface area is 117 Å². The Hall–Kier alpha value is -2.14. The second-order valence-corrected chi connectivity index (χ2v) is 5.04. The molecule has 0 fully saturated rings. The van der Waals surface area contributed by atoms with E-state index in [9.17, 15) is 4.79 Å². The molecule has 0 unspecified atom stereocenters. The Morgan fingerprint density at radius 1 is 1.11 bits per heavy atom. The molecule has 0 atom stereocenters. The zero-order chi connectivity index (χ0) is 13.4. The van der Waals surface area contributed by atoms with E-state index in [1.807, 2.05) is 36.4 Å². The van der Waals surface area contributed by atoms with Crippen molar-refractivity contribution in [2.75, 3.05) is 0 Å². The summed E-state index contributed by atoms with van der Waals surface area (Å²) >= 11 is 3.43. The topological polar surface area (TPSA) is 55.1 Å². The number of hydrogen-bond donors (Lipinski definition) is 1. The van der Waals surface area contributed by atoms with Gasteiger partial charge in [-0.25, -0.2) is 9.48 Å². The second kappa shape index (κ2) is 4.51. The molecular formula is C14H9BrN2O2. The fourth-order valence-electron chi connectivity index (χ4n) is 1.93. The molecule has 0 spiro atoms. The van der Waals surface area contributed by atoms with Crippen LogP contribution in [0.3, 0.4) is 0 Å². The van der Waals surface area contributed by atoms with E-state index in [1.54, 1.807) is 10.9 Å². The summed E-state index contributed by atoms with van der Waals surface area (Å²) < 4.78 is 2.59. The van der Waals surface area contributed by atoms with Crippen LogP contribution in [0, 0.1) is 0 Å². The highest BCUT2D eigenvalue weighted by Crippen LogP contribution is 2.22. The average molecular weight is 317 g/mol. The highest BCUT2D eigenvalue weighted by molar-refractivity contribution is 9.10. The molecule has 0 aliphatic rings. The number of hydrogen-bond acceptors (Lipinski definition) is 2. The fourth-order valence-corrected chi connectivity index (χ4v) is 2.31. The first kappa shape index (κ1) is 11.9. The van der Waals surface area contributed by atoms with Gasteiger partial charge in [-0.15, -0.1) is 0 Å². The van der Waals surface area contributed by atoms with E-state index in [1.165, 1.54) is 6.07 Å². The first-order chi connectivity index (χ1) is 9.13. The van der Waals surface area contributed by atoms with Crippen LogP contribution in [-0.4, -0.2) is 20.9 Å². The van der Waals surface area contributed by atoms with Crippen molar-refractivity contribution >= 4 is 32.7 Å². The van der Waals surface area contributed by atoms with E-state index < -0.39 is 5.97 Å². The van der Waals surface area contributed by atoms with Crippen LogP contribution in [0.25, 0.3) is 16.5 Å². The van der Waals surface area contributed by atoms with Gasteiger partial charge < -0.3 is 5.11 Å². The smallest absolute Gasteiger partial charge is 0.356 e. The molecule has 0 aliphatic heterocycles. The molecule has 1 N–H and O–H groups in total. The largest absolute Gasteiger partial charge is 0.476 e. The zero-order valence-electron chi connectivity index (χ0n) is 9.75. The van der Waals surface area contributed by atoms with E-state index >= 15 is 0 Å². The monoisotopic (exact) mass is 316 g/mol. The molecule has 0 amide bonds. The third kappa shape index (κ3) is 2.24. The van der Waals surface area contributed by atoms with Crippen LogP contribution in [0.15, 0.2) is 53.1 Å². The van der Waals surface area contributed by atoms with Crippen LogP contribution in [0.1, 0.15) is 10.5 Å². The summed E-state index contributed by atoms with van der Waals surface area (Å²) in [4.78, 5) is 10.8. The van der Waals surface area contributed by atoms with Gasteiger partial charge in [-0.1, -0.05) is 28.1 Å². The SMILES string of the molecule is O=C(O)c1ccn(-c2ccc3cc(Br)ccc3c2)n1. The lowest BCUT2D eigenvalue weighted by Gasteiger charge is -2.04. The Balaban J connectivity index is 2.09. The van der Waals surface area contributed by atoms with Crippen molar-refractivity contribution in [3.05, 3.63) is 58.8 Å². The number of carboxylic acid groups (broad SMARTS) is 1. The van der Waals surface area contributed by atoms with E-state index in [2.05, 4.69) is 21.0 Å². The lowest BCUT2D eigenvalue weighted by Crippen LogP contribution is -2.00. The summed E-state index contributed by atoms with van der Waals surface area (Å²) in [6.45, 7) is 0. The summed E-state index contributed by atoms with van der Waals surface area (Å²) in [6, 6.07) is 13.4. The summed E-state index contributed by atoms with van der Waals surface area (Å²) in [7, 11) is 0. The molecule has 0 radical (unpaired) electrons. The predicted octanol–water partition coefficient (Wildman–Crippen LogP) is 3.49. The maximum absolute atomic E-state index is 10.8. The molecular weight excluding hydrogens is 308 g/mol. The Morgan fingerprint density at radius 2 is 1.84 bits per heavy atom. The molecule has 0 saturated heterocycles. The maximum Gasteiger partial charge on any atom is 0.356 e. The average Bonchev–Trinajstić information content (AvgIpc) is 2.88. The summed E-state index contributed by atoms with van der Waals surface area (Å²) in [5.74, 6) is -1.02. The van der Waals surface area contributed by atoms with Crippen molar-refractivity contribution in [1.82, 2.24) is 9.78 Å². The van der Waals surface area contributed by atoms with Crippen molar-refractivity contribution in [3.8, 4) is 5.69 Å². The van der Waals surface area contributed by atoms with Crippen molar-refractivity contribution in [1.29, 1.82) is 0 Å². The molecule has 1 aromatic heterocycles. The molecule has 94 valence electrons. The van der Waals surface area contributed by atoms with E-state index in [-0.39, 0.29) is 5.69 Å². The van der Waals surface area contributed by atoms with E-state index in [0.29, 0.717) is 0 Å². The first-order valence-corrected chi connectivity index (χ1v) is 6.41. The molecule has 0 saturated carbocycles. The highest BCUT2D eigenvalue weighted by Gasteiger charge is 2.08. The van der Waals surface area contributed by atoms with Crippen molar-refractivity contribution in [2.45, 2.75) is 0 Å². The number of nitrogens with zero attached hydrogens (tertiary/aromatic N) is 2. The predicted molar refractivity (Wildman–Crippen MR) is 75.7 cm³/mol. The number of halogens is 1. The minimum absolute atomic E-state index is 0.0379. The summed E-state index contributed by atoms with van der Waals surface area (Å²) in [5.41, 5.74) is 0.873. The number of rotatable bonds is 2. The van der Waals surface area contributed by atoms with Gasteiger partial charge in [-0.2, -0.15) is 5.10 Å². The maximum atomic E-state index is 10.8. The van der Waals surface area contributed by atoms with Crippen molar-refractivity contribution in [2.24, 2.45) is 0 Å². The number of benzene rings is 2. The third-order valence-corrected chi connectivity index (χ3v) is 3.35. The van der Waals surface area contributed by atoms with Gasteiger partial charge in [0, 0.05) is 10.7 Å². The van der Waals surface area contributed by atoms with Crippen LogP contribution in [0.4, 0.5) is 0 Å². The Morgan fingerprint density at radius 3 is 2.58 bits per heavy atom. The van der Waals surface area contributed by atoms with Crippen molar-refractivity contribution < 1.29 is 9.90 Å². The highest BCUT2D eigenvalue weighted by atomic mass is 79.9. The number of aromatic carboxylic acids is 1. The number of aromatic nitrogens is 2. The van der Waals surface area contributed by atoms with Gasteiger partial charge in [0.05, 0.1) is 5.69 Å². The van der Waals surface area contributed by atoms with Crippen LogP contribution < -0.4 is 0 Å². The molecule has 1 heterocycles. The van der Waals surface area contributed by atoms with Crippen LogP contribution >= 0.6 is 15.9 Å². The molecule has 4 nitrogen and oxygen atoms in total. The van der Waals surface area contributed by atoms with Gasteiger partial charge in [-0.05, 0) is 41.1 Å². The molecule has 3 aromatic rings. The summed E-state index contributed by atoms with van der Waals surface area (Å²) in [6.07, 6.45) is 1.64. The minimum atomic E-state index is -1.02. The van der Waals surface area contributed by atoms with Gasteiger partial charge in [0.15, 0.2) is 5.69 Å². The van der Waals surface area contributed by atoms with Gasteiger partial charge in [0.25, 0.3) is 0 Å². The molecule has 2 aromatic carbocycles. The summed E-state index contributed by atoms with van der Waals surface area (Å²) in [5, 5.41) is 15.1. The molecule has 0 aliphatic carbocycles. The van der Waals surface area contributed by atoms with Crippen molar-refractivity contribution in [3.63, 3.8) is 0 Å². The van der Waals surface area contributed by atoms with Gasteiger partial charge >= 0.3 is 5.97 Å². The van der Waals surface area contributed by atoms with E-state index in [4.69, 9.17) is 5.11 Å². The number of fused-ring (bicyclic) bond motifs is 1. The normalized spacial score (nSPS) is 10.8. The number of carboxylic acids is 1. The first-order valence-electron chi connectivity index (χ1n) is 5.62. The fraction of sp³-hybridized carbons (Fsp3) is 0. The van der Waals surface area contributed by atoms with Gasteiger partial charge in [-0.3, -0.25) is 0 Å². The molecule has 5 heteroatoms. The second-order valence-electron chi connectivity index (χ2n) is 4.13. The van der Waals surface area contributed by atoms with Gasteiger partial charge in [0.1, 0.15) is 0 Å². The number of carbonyl (C=O) groups is 1. The van der Waals surface area contributed by atoms with Crippen LogP contribution in [-0.2, 0) is 0 Å².